The van der Waals surface area contributed by atoms with Crippen LogP contribution in [0.3, 0.4) is 0 Å². The van der Waals surface area contributed by atoms with Crippen LogP contribution in [0.2, 0.25) is 5.15 Å². The molecule has 1 fully saturated rings. The monoisotopic (exact) mass is 337 g/mol. The fourth-order valence-corrected chi connectivity index (χ4v) is 2.77. The highest BCUT2D eigenvalue weighted by Gasteiger charge is 2.42. The number of pyridine rings is 1. The second-order valence-electron chi connectivity index (χ2n) is 5.40. The molecule has 0 unspecified atom stereocenters. The van der Waals surface area contributed by atoms with Crippen LogP contribution in [-0.2, 0) is 23.6 Å². The molecule has 1 aliphatic heterocycles. The van der Waals surface area contributed by atoms with Gasteiger partial charge in [-0.2, -0.15) is 0 Å². The summed E-state index contributed by atoms with van der Waals surface area (Å²) in [6, 6.07) is 3.97. The molecule has 0 saturated carbocycles. The summed E-state index contributed by atoms with van der Waals surface area (Å²) < 4.78 is 7.42. The SMILES string of the molecule is CC.CCNc1cc(C2(Cc3nncn3C)COC2)cc(Cl)n1. The third-order valence-electron chi connectivity index (χ3n) is 3.82. The molecule has 126 valence electrons. The van der Waals surface area contributed by atoms with Gasteiger partial charge in [-0.05, 0) is 24.6 Å². The summed E-state index contributed by atoms with van der Waals surface area (Å²) >= 11 is 6.16. The number of nitrogens with one attached hydrogen (secondary N) is 1. The van der Waals surface area contributed by atoms with E-state index in [2.05, 4.69) is 20.5 Å². The van der Waals surface area contributed by atoms with E-state index in [0.29, 0.717) is 18.4 Å². The molecular weight excluding hydrogens is 314 g/mol. The maximum absolute atomic E-state index is 6.16. The lowest BCUT2D eigenvalue weighted by Gasteiger charge is -2.41. The molecule has 0 spiro atoms. The third kappa shape index (κ3) is 3.82. The quantitative estimate of drug-likeness (QED) is 0.850. The fraction of sp³-hybridized carbons (Fsp3) is 0.562. The Kier molecular flexibility index (Phi) is 5.96. The minimum atomic E-state index is -0.0997. The topological polar surface area (TPSA) is 64.9 Å². The van der Waals surface area contributed by atoms with Crippen molar-refractivity contribution in [3.05, 3.63) is 35.0 Å². The van der Waals surface area contributed by atoms with Crippen LogP contribution in [0.25, 0.3) is 0 Å². The zero-order chi connectivity index (χ0) is 16.9. The first kappa shape index (κ1) is 17.7. The summed E-state index contributed by atoms with van der Waals surface area (Å²) in [4.78, 5) is 4.29. The predicted molar refractivity (Wildman–Crippen MR) is 92.0 cm³/mol. The lowest BCUT2D eigenvalue weighted by molar-refractivity contribution is -0.0611. The second kappa shape index (κ2) is 7.75. The summed E-state index contributed by atoms with van der Waals surface area (Å²) in [5.41, 5.74) is 1.03. The van der Waals surface area contributed by atoms with Gasteiger partial charge in [0.15, 0.2) is 0 Å². The van der Waals surface area contributed by atoms with Gasteiger partial charge >= 0.3 is 0 Å². The zero-order valence-electron chi connectivity index (χ0n) is 14.1. The van der Waals surface area contributed by atoms with Gasteiger partial charge in [-0.1, -0.05) is 25.4 Å². The smallest absolute Gasteiger partial charge is 0.133 e. The second-order valence-corrected chi connectivity index (χ2v) is 5.79. The number of anilines is 1. The number of aryl methyl sites for hydroxylation is 1. The van der Waals surface area contributed by atoms with E-state index >= 15 is 0 Å². The van der Waals surface area contributed by atoms with Crippen LogP contribution in [0.4, 0.5) is 5.82 Å². The number of aromatic nitrogens is 4. The van der Waals surface area contributed by atoms with Crippen molar-refractivity contribution in [3.63, 3.8) is 0 Å². The van der Waals surface area contributed by atoms with E-state index in [1.165, 1.54) is 0 Å². The number of hydrogen-bond donors (Lipinski definition) is 1. The van der Waals surface area contributed by atoms with Crippen LogP contribution in [-0.4, -0.2) is 39.5 Å². The normalized spacial score (nSPS) is 15.3. The number of halogens is 1. The zero-order valence-corrected chi connectivity index (χ0v) is 14.9. The van der Waals surface area contributed by atoms with Gasteiger partial charge in [-0.25, -0.2) is 4.98 Å². The molecule has 3 rings (SSSR count). The molecule has 0 amide bonds. The van der Waals surface area contributed by atoms with Crippen molar-refractivity contribution in [2.45, 2.75) is 32.6 Å². The summed E-state index contributed by atoms with van der Waals surface area (Å²) in [5.74, 6) is 1.74. The first-order valence-electron chi connectivity index (χ1n) is 7.95. The molecule has 7 heteroatoms. The van der Waals surface area contributed by atoms with Crippen LogP contribution in [0.5, 0.6) is 0 Å². The molecular formula is C16H24ClN5O. The van der Waals surface area contributed by atoms with Gasteiger partial charge in [0.25, 0.3) is 0 Å². The average Bonchev–Trinajstić information content (AvgIpc) is 2.90. The van der Waals surface area contributed by atoms with Gasteiger partial charge in [0.2, 0.25) is 0 Å². The predicted octanol–water partition coefficient (Wildman–Crippen LogP) is 2.83. The molecule has 23 heavy (non-hydrogen) atoms. The molecule has 1 N–H and O–H groups in total. The van der Waals surface area contributed by atoms with Crippen LogP contribution in [0.15, 0.2) is 18.5 Å². The van der Waals surface area contributed by atoms with Crippen LogP contribution >= 0.6 is 11.6 Å². The van der Waals surface area contributed by atoms with Gasteiger partial charge < -0.3 is 14.6 Å². The molecule has 0 atom stereocenters. The summed E-state index contributed by atoms with van der Waals surface area (Å²) in [6.07, 6.45) is 2.49. The first-order valence-corrected chi connectivity index (χ1v) is 8.33. The van der Waals surface area contributed by atoms with Crippen LogP contribution in [0, 0.1) is 0 Å². The molecule has 1 saturated heterocycles. The molecule has 2 aromatic rings. The summed E-state index contributed by atoms with van der Waals surface area (Å²) in [7, 11) is 1.95. The van der Waals surface area contributed by atoms with E-state index in [-0.39, 0.29) is 5.41 Å². The van der Waals surface area contributed by atoms with E-state index in [1.54, 1.807) is 6.33 Å². The summed E-state index contributed by atoms with van der Waals surface area (Å²) in [6.45, 7) is 8.15. The third-order valence-corrected chi connectivity index (χ3v) is 4.02. The fourth-order valence-electron chi connectivity index (χ4n) is 2.56. The Morgan fingerprint density at radius 1 is 1.35 bits per heavy atom. The van der Waals surface area contributed by atoms with Gasteiger partial charge in [0, 0.05) is 25.4 Å². The highest BCUT2D eigenvalue weighted by atomic mass is 35.5. The van der Waals surface area contributed by atoms with Crippen molar-refractivity contribution >= 4 is 17.4 Å². The molecule has 6 nitrogen and oxygen atoms in total. The van der Waals surface area contributed by atoms with E-state index in [9.17, 15) is 0 Å². The number of ether oxygens (including phenoxy) is 1. The Labute approximate surface area is 142 Å². The van der Waals surface area contributed by atoms with Crippen LogP contribution < -0.4 is 5.32 Å². The minimum absolute atomic E-state index is 0.0997. The molecule has 1 aliphatic rings. The Balaban J connectivity index is 0.000000924. The highest BCUT2D eigenvalue weighted by molar-refractivity contribution is 6.29. The van der Waals surface area contributed by atoms with E-state index < -0.39 is 0 Å². The molecule has 0 aliphatic carbocycles. The van der Waals surface area contributed by atoms with E-state index in [4.69, 9.17) is 16.3 Å². The Hall–Kier alpha value is -1.66. The Bertz CT molecular complexity index is 639. The average molecular weight is 338 g/mol. The largest absolute Gasteiger partial charge is 0.379 e. The van der Waals surface area contributed by atoms with Crippen LogP contribution in [0.1, 0.15) is 32.2 Å². The molecule has 3 heterocycles. The van der Waals surface area contributed by atoms with Crippen molar-refractivity contribution in [2.75, 3.05) is 25.1 Å². The summed E-state index contributed by atoms with van der Waals surface area (Å²) in [5, 5.41) is 11.8. The van der Waals surface area contributed by atoms with Crippen molar-refractivity contribution in [3.8, 4) is 0 Å². The minimum Gasteiger partial charge on any atom is -0.379 e. The maximum Gasteiger partial charge on any atom is 0.133 e. The van der Waals surface area contributed by atoms with Crippen molar-refractivity contribution in [1.29, 1.82) is 0 Å². The van der Waals surface area contributed by atoms with Gasteiger partial charge in [-0.3, -0.25) is 0 Å². The standard InChI is InChI=1S/C14H18ClN5O.C2H6/c1-3-16-12-5-10(4-11(15)18-12)14(7-21-8-14)6-13-19-17-9-20(13)2;1-2/h4-5,9H,3,6-8H2,1-2H3,(H,16,18);1-2H3. The van der Waals surface area contributed by atoms with E-state index in [1.807, 2.05) is 44.5 Å². The molecule has 0 aromatic carbocycles. The Morgan fingerprint density at radius 3 is 2.61 bits per heavy atom. The van der Waals surface area contributed by atoms with E-state index in [0.717, 1.165) is 30.2 Å². The lowest BCUT2D eigenvalue weighted by Crippen LogP contribution is -2.49. The number of nitrogens with zero attached hydrogens (tertiary/aromatic N) is 4. The maximum atomic E-state index is 6.16. The van der Waals surface area contributed by atoms with Crippen molar-refractivity contribution < 1.29 is 4.74 Å². The highest BCUT2D eigenvalue weighted by Crippen LogP contribution is 2.37. The van der Waals surface area contributed by atoms with Crippen molar-refractivity contribution in [2.24, 2.45) is 7.05 Å². The number of hydrogen-bond acceptors (Lipinski definition) is 5. The molecule has 0 bridgehead atoms. The van der Waals surface area contributed by atoms with Gasteiger partial charge in [0.1, 0.15) is 23.1 Å². The molecule has 2 aromatic heterocycles. The Morgan fingerprint density at radius 2 is 2.09 bits per heavy atom. The first-order chi connectivity index (χ1) is 11.1. The lowest BCUT2D eigenvalue weighted by atomic mass is 9.76. The molecule has 0 radical (unpaired) electrons. The van der Waals surface area contributed by atoms with Crippen molar-refractivity contribution in [1.82, 2.24) is 19.7 Å². The van der Waals surface area contributed by atoms with Gasteiger partial charge in [0.05, 0.1) is 13.2 Å². The van der Waals surface area contributed by atoms with Gasteiger partial charge in [-0.15, -0.1) is 10.2 Å². The number of rotatable bonds is 5.